The summed E-state index contributed by atoms with van der Waals surface area (Å²) in [6.07, 6.45) is 0. The van der Waals surface area contributed by atoms with E-state index in [4.69, 9.17) is 4.42 Å². The topological polar surface area (TPSA) is 21.3 Å². The minimum atomic E-state index is -2.66. The largest absolute Gasteiger partial charge is 0.456 e. The van der Waals surface area contributed by atoms with Crippen LogP contribution in [-0.2, 0) is 0 Å². The zero-order chi connectivity index (χ0) is 49.0. The number of anilines is 3. The molecule has 0 aliphatic rings. The molecule has 0 amide bonds. The van der Waals surface area contributed by atoms with Crippen molar-refractivity contribution in [3.05, 3.63) is 291 Å². The van der Waals surface area contributed by atoms with Crippen LogP contribution in [-0.4, -0.2) is 12.6 Å². The monoisotopic (exact) mass is 960 g/mol. The molecule has 0 radical (unpaired) electrons. The molecule has 0 aliphatic carbocycles. The van der Waals surface area contributed by atoms with Gasteiger partial charge < -0.3 is 13.9 Å². The maximum absolute atomic E-state index is 6.46. The first-order valence-electron chi connectivity index (χ1n) is 25.4. The van der Waals surface area contributed by atoms with Gasteiger partial charge in [-0.2, -0.15) is 0 Å². The minimum Gasteiger partial charge on any atom is -0.456 e. The Morgan fingerprint density at radius 2 is 0.811 bits per heavy atom. The molecule has 3 nitrogen and oxygen atoms in total. The van der Waals surface area contributed by atoms with Crippen LogP contribution in [0.3, 0.4) is 0 Å². The van der Waals surface area contributed by atoms with Crippen LogP contribution in [0.1, 0.15) is 0 Å². The lowest BCUT2D eigenvalue weighted by Crippen LogP contribution is -2.74. The molecule has 0 aliphatic heterocycles. The predicted octanol–water partition coefficient (Wildman–Crippen LogP) is 16.0. The highest BCUT2D eigenvalue weighted by Crippen LogP contribution is 2.45. The summed E-state index contributed by atoms with van der Waals surface area (Å²) in [4.78, 5) is 2.43. The van der Waals surface area contributed by atoms with Crippen molar-refractivity contribution in [1.82, 2.24) is 4.57 Å². The van der Waals surface area contributed by atoms with Crippen LogP contribution in [0.5, 0.6) is 0 Å². The van der Waals surface area contributed by atoms with Gasteiger partial charge in [-0.15, -0.1) is 0 Å². The van der Waals surface area contributed by atoms with Gasteiger partial charge in [0.25, 0.3) is 0 Å². The average Bonchev–Trinajstić information content (AvgIpc) is 4.03. The lowest BCUT2D eigenvalue weighted by Gasteiger charge is -2.34. The highest BCUT2D eigenvalue weighted by atomic mass is 28.3. The molecule has 14 aromatic rings. The highest BCUT2D eigenvalue weighted by molar-refractivity contribution is 7.19. The molecule has 0 spiro atoms. The van der Waals surface area contributed by atoms with Crippen molar-refractivity contribution in [3.8, 4) is 27.9 Å². The van der Waals surface area contributed by atoms with Crippen molar-refractivity contribution in [2.45, 2.75) is 0 Å². The quantitative estimate of drug-likeness (QED) is 0.101. The molecule has 2 aromatic heterocycles. The van der Waals surface area contributed by atoms with Crippen molar-refractivity contribution < 1.29 is 4.42 Å². The fraction of sp³-hybridized carbons (Fsp3) is 0. The molecule has 0 saturated carbocycles. The average molecular weight is 961 g/mol. The van der Waals surface area contributed by atoms with Gasteiger partial charge in [0, 0.05) is 44.7 Å². The Morgan fingerprint density at radius 3 is 1.47 bits per heavy atom. The number of fused-ring (bicyclic) bond motifs is 7. The van der Waals surface area contributed by atoms with E-state index in [-0.39, 0.29) is 0 Å². The zero-order valence-electron chi connectivity index (χ0n) is 40.5. The SMILES string of the molecule is c1ccc([Si](c2ccccc2)(c2ccccc2)c2ccc(-c3ccc(N(c4ccc(-c5cccc6ccccc56)cc4)c4cccc5c4c4ccccc4n5-c4ccc5c(c4)oc4ccccc45)cc3)cc2)cc1. The second kappa shape index (κ2) is 18.0. The minimum absolute atomic E-state index is 0.874. The lowest BCUT2D eigenvalue weighted by atomic mass is 9.98. The third-order valence-electron chi connectivity index (χ3n) is 15.2. The summed E-state index contributed by atoms with van der Waals surface area (Å²) in [6, 6.07) is 107. The maximum Gasteiger partial charge on any atom is 0.179 e. The molecule has 74 heavy (non-hydrogen) atoms. The third kappa shape index (κ3) is 7.10. The van der Waals surface area contributed by atoms with Gasteiger partial charge in [0.05, 0.1) is 16.7 Å². The van der Waals surface area contributed by atoms with Crippen LogP contribution >= 0.6 is 0 Å². The molecule has 4 heteroatoms. The van der Waals surface area contributed by atoms with Gasteiger partial charge in [-0.1, -0.05) is 224 Å². The Balaban J connectivity index is 0.905. The smallest absolute Gasteiger partial charge is 0.179 e. The van der Waals surface area contributed by atoms with Crippen LogP contribution in [0.15, 0.2) is 296 Å². The lowest BCUT2D eigenvalue weighted by molar-refractivity contribution is 0.668. The third-order valence-corrected chi connectivity index (χ3v) is 20.0. The molecule has 0 atom stereocenters. The number of aromatic nitrogens is 1. The van der Waals surface area contributed by atoms with Gasteiger partial charge in [0.2, 0.25) is 0 Å². The Kier molecular flexibility index (Phi) is 10.5. The fourth-order valence-electron chi connectivity index (χ4n) is 11.8. The molecular formula is C70H48N2OSi. The van der Waals surface area contributed by atoms with E-state index in [9.17, 15) is 0 Å². The van der Waals surface area contributed by atoms with E-state index in [1.165, 1.54) is 59.0 Å². The highest BCUT2D eigenvalue weighted by Gasteiger charge is 2.41. The van der Waals surface area contributed by atoms with E-state index >= 15 is 0 Å². The molecular weight excluding hydrogens is 913 g/mol. The first kappa shape index (κ1) is 43.3. The zero-order valence-corrected chi connectivity index (χ0v) is 41.5. The molecule has 2 heterocycles. The predicted molar refractivity (Wildman–Crippen MR) is 315 cm³/mol. The summed E-state index contributed by atoms with van der Waals surface area (Å²) in [6.45, 7) is 0. The fourth-order valence-corrected chi connectivity index (χ4v) is 16.5. The summed E-state index contributed by atoms with van der Waals surface area (Å²) in [7, 11) is -2.66. The number of furan rings is 1. The Hall–Kier alpha value is -9.48. The Morgan fingerprint density at radius 1 is 0.324 bits per heavy atom. The summed E-state index contributed by atoms with van der Waals surface area (Å²) in [5.41, 5.74) is 13.1. The van der Waals surface area contributed by atoms with Crippen LogP contribution < -0.4 is 25.6 Å². The number of benzene rings is 12. The van der Waals surface area contributed by atoms with Crippen molar-refractivity contribution >= 4 is 100 Å². The summed E-state index contributed by atoms with van der Waals surface area (Å²) >= 11 is 0. The van der Waals surface area contributed by atoms with Gasteiger partial charge in [-0.25, -0.2) is 0 Å². The number of hydrogen-bond donors (Lipinski definition) is 0. The molecule has 0 fully saturated rings. The van der Waals surface area contributed by atoms with Crippen LogP contribution in [0.4, 0.5) is 17.1 Å². The van der Waals surface area contributed by atoms with E-state index in [0.29, 0.717) is 0 Å². The number of hydrogen-bond acceptors (Lipinski definition) is 2. The van der Waals surface area contributed by atoms with Gasteiger partial charge >= 0.3 is 0 Å². The Labute approximate surface area is 431 Å². The molecule has 348 valence electrons. The normalized spacial score (nSPS) is 11.8. The molecule has 12 aromatic carbocycles. The molecule has 14 rings (SSSR count). The van der Waals surface area contributed by atoms with Crippen molar-refractivity contribution in [1.29, 1.82) is 0 Å². The summed E-state index contributed by atoms with van der Waals surface area (Å²) < 4.78 is 8.84. The van der Waals surface area contributed by atoms with Gasteiger partial charge in [-0.05, 0) is 114 Å². The molecule has 0 bridgehead atoms. The first-order chi connectivity index (χ1) is 36.7. The molecule has 0 saturated heterocycles. The number of para-hydroxylation sites is 2. The van der Waals surface area contributed by atoms with Crippen molar-refractivity contribution in [2.24, 2.45) is 0 Å². The van der Waals surface area contributed by atoms with Gasteiger partial charge in [0.15, 0.2) is 8.07 Å². The van der Waals surface area contributed by atoms with E-state index in [1.54, 1.807) is 0 Å². The van der Waals surface area contributed by atoms with Gasteiger partial charge in [-0.3, -0.25) is 0 Å². The molecule has 0 N–H and O–H groups in total. The van der Waals surface area contributed by atoms with Gasteiger partial charge in [0.1, 0.15) is 11.2 Å². The first-order valence-corrected chi connectivity index (χ1v) is 27.4. The summed E-state index contributed by atoms with van der Waals surface area (Å²) in [5.74, 6) is 0. The van der Waals surface area contributed by atoms with Crippen LogP contribution in [0.2, 0.25) is 0 Å². The van der Waals surface area contributed by atoms with E-state index in [1.807, 2.05) is 12.1 Å². The Bertz CT molecular complexity index is 4230. The molecule has 0 unspecified atom stereocenters. The second-order valence-corrected chi connectivity index (χ2v) is 23.0. The van der Waals surface area contributed by atoms with Crippen LogP contribution in [0.25, 0.3) is 82.5 Å². The number of rotatable bonds is 10. The van der Waals surface area contributed by atoms with Crippen molar-refractivity contribution in [2.75, 3.05) is 4.90 Å². The standard InChI is InChI=1S/C70H48N2OSi/c1-4-20-56(21-5-1)74(57-22-6-2-7-23-57,58-24-8-3-9-25-58)59-45-38-50(39-46-59)49-34-40-53(41-35-49)71(54-42-36-52(37-43-54)61-29-16-19-51-18-10-11-26-60(51)61)66-31-17-32-67-70(66)64-28-12-14-30-65(64)72(67)55-44-47-63-62-27-13-15-33-68(62)73-69(63)48-55/h1-48H. The van der Waals surface area contributed by atoms with E-state index < -0.39 is 8.07 Å². The maximum atomic E-state index is 6.46. The van der Waals surface area contributed by atoms with E-state index in [2.05, 4.69) is 289 Å². The van der Waals surface area contributed by atoms with Crippen molar-refractivity contribution in [3.63, 3.8) is 0 Å². The second-order valence-electron chi connectivity index (χ2n) is 19.2. The summed E-state index contributed by atoms with van der Waals surface area (Å²) in [5, 5.41) is 12.5. The van der Waals surface area contributed by atoms with E-state index in [0.717, 1.165) is 61.3 Å². The van der Waals surface area contributed by atoms with Crippen LogP contribution in [0, 0.1) is 0 Å². The number of nitrogens with zero attached hydrogens (tertiary/aromatic N) is 2.